The molecule has 0 radical (unpaired) electrons. The van der Waals surface area contributed by atoms with Gasteiger partial charge in [-0.15, -0.1) is 0 Å². The molecule has 2 aromatic carbocycles. The number of morpholine rings is 1. The van der Waals surface area contributed by atoms with Gasteiger partial charge < -0.3 is 15.4 Å². The SMILES string of the molecule is CC(C)[C@H](NC(=O)c1cccc(S(=O)(=O)N2CCOCC2)c1)C(=O)NCc1ccc(F)cc1. The van der Waals surface area contributed by atoms with Crippen LogP contribution in [-0.4, -0.2) is 56.9 Å². The molecule has 1 fully saturated rings. The Morgan fingerprint density at radius 3 is 2.39 bits per heavy atom. The number of hydrogen-bond donors (Lipinski definition) is 2. The second-order valence-electron chi connectivity index (χ2n) is 8.08. The normalized spacial score (nSPS) is 15.8. The number of sulfonamides is 1. The van der Waals surface area contributed by atoms with E-state index in [0.29, 0.717) is 13.2 Å². The van der Waals surface area contributed by atoms with E-state index in [1.165, 1.54) is 40.7 Å². The molecule has 2 amide bonds. The Labute approximate surface area is 193 Å². The van der Waals surface area contributed by atoms with Crippen LogP contribution in [0.15, 0.2) is 53.4 Å². The summed E-state index contributed by atoms with van der Waals surface area (Å²) in [5.41, 5.74) is 0.862. The molecule has 178 valence electrons. The van der Waals surface area contributed by atoms with Crippen molar-refractivity contribution in [3.63, 3.8) is 0 Å². The van der Waals surface area contributed by atoms with Crippen molar-refractivity contribution < 1.29 is 27.1 Å². The van der Waals surface area contributed by atoms with Crippen molar-refractivity contribution in [1.29, 1.82) is 0 Å². The molecule has 0 spiro atoms. The van der Waals surface area contributed by atoms with E-state index in [4.69, 9.17) is 4.74 Å². The summed E-state index contributed by atoms with van der Waals surface area (Å²) in [5, 5.41) is 5.44. The van der Waals surface area contributed by atoms with Gasteiger partial charge in [0, 0.05) is 25.2 Å². The zero-order chi connectivity index (χ0) is 24.0. The third-order valence-electron chi connectivity index (χ3n) is 5.32. The highest BCUT2D eigenvalue weighted by Gasteiger charge is 2.28. The van der Waals surface area contributed by atoms with Gasteiger partial charge in [0.1, 0.15) is 11.9 Å². The third-order valence-corrected chi connectivity index (χ3v) is 7.21. The average molecular weight is 478 g/mol. The lowest BCUT2D eigenvalue weighted by Gasteiger charge is -2.26. The summed E-state index contributed by atoms with van der Waals surface area (Å²) in [6.07, 6.45) is 0. The fraction of sp³-hybridized carbons (Fsp3) is 0.391. The molecule has 1 heterocycles. The van der Waals surface area contributed by atoms with E-state index in [1.54, 1.807) is 26.0 Å². The number of ether oxygens (including phenoxy) is 1. The van der Waals surface area contributed by atoms with Crippen molar-refractivity contribution in [2.45, 2.75) is 31.3 Å². The van der Waals surface area contributed by atoms with E-state index in [1.807, 2.05) is 0 Å². The molecule has 0 aliphatic carbocycles. The first-order valence-electron chi connectivity index (χ1n) is 10.7. The maximum Gasteiger partial charge on any atom is 0.251 e. The molecule has 0 saturated carbocycles. The summed E-state index contributed by atoms with van der Waals surface area (Å²) in [7, 11) is -3.75. The van der Waals surface area contributed by atoms with Crippen molar-refractivity contribution in [1.82, 2.24) is 14.9 Å². The van der Waals surface area contributed by atoms with Gasteiger partial charge >= 0.3 is 0 Å². The number of nitrogens with zero attached hydrogens (tertiary/aromatic N) is 1. The predicted molar refractivity (Wildman–Crippen MR) is 120 cm³/mol. The number of benzene rings is 2. The monoisotopic (exact) mass is 477 g/mol. The first-order chi connectivity index (χ1) is 15.7. The molecule has 2 aromatic rings. The van der Waals surface area contributed by atoms with Crippen LogP contribution in [0.2, 0.25) is 0 Å². The van der Waals surface area contributed by atoms with E-state index in [0.717, 1.165) is 5.56 Å². The Bertz CT molecular complexity index is 1080. The highest BCUT2D eigenvalue weighted by atomic mass is 32.2. The van der Waals surface area contributed by atoms with E-state index in [-0.39, 0.29) is 47.7 Å². The number of hydrogen-bond acceptors (Lipinski definition) is 5. The van der Waals surface area contributed by atoms with Gasteiger partial charge in [-0.3, -0.25) is 9.59 Å². The molecule has 1 atom stereocenters. The van der Waals surface area contributed by atoms with Crippen molar-refractivity contribution in [2.75, 3.05) is 26.3 Å². The molecular formula is C23H28FN3O5S. The minimum Gasteiger partial charge on any atom is -0.379 e. The molecule has 33 heavy (non-hydrogen) atoms. The van der Waals surface area contributed by atoms with Gasteiger partial charge in [0.15, 0.2) is 0 Å². The van der Waals surface area contributed by atoms with Crippen molar-refractivity contribution in [2.24, 2.45) is 5.92 Å². The molecule has 1 aliphatic rings. The minimum absolute atomic E-state index is 0.0129. The van der Waals surface area contributed by atoms with Crippen LogP contribution in [0.1, 0.15) is 29.8 Å². The predicted octanol–water partition coefficient (Wildman–Crippen LogP) is 1.92. The number of halogens is 1. The summed E-state index contributed by atoms with van der Waals surface area (Å²) < 4.78 is 45.4. The Hall–Kier alpha value is -2.82. The second kappa shape index (κ2) is 10.9. The van der Waals surface area contributed by atoms with Gasteiger partial charge in [-0.1, -0.05) is 32.0 Å². The molecule has 8 nitrogen and oxygen atoms in total. The van der Waals surface area contributed by atoms with Crippen LogP contribution in [0.25, 0.3) is 0 Å². The Morgan fingerprint density at radius 1 is 1.09 bits per heavy atom. The van der Waals surface area contributed by atoms with Crippen molar-refractivity contribution in [3.05, 3.63) is 65.5 Å². The number of carbonyl (C=O) groups is 2. The van der Waals surface area contributed by atoms with Gasteiger partial charge in [0.05, 0.1) is 18.1 Å². The van der Waals surface area contributed by atoms with Gasteiger partial charge in [-0.25, -0.2) is 12.8 Å². The molecule has 0 unspecified atom stereocenters. The van der Waals surface area contributed by atoms with Crippen LogP contribution in [-0.2, 0) is 26.1 Å². The van der Waals surface area contributed by atoms with E-state index >= 15 is 0 Å². The van der Waals surface area contributed by atoms with E-state index in [9.17, 15) is 22.4 Å². The first kappa shape index (κ1) is 24.8. The number of amides is 2. The standard InChI is InChI=1S/C23H28FN3O5S/c1-16(2)21(23(29)25-15-17-6-8-19(24)9-7-17)26-22(28)18-4-3-5-20(14-18)33(30,31)27-10-12-32-13-11-27/h3-9,14,16,21H,10-13,15H2,1-2H3,(H,25,29)(H,26,28)/t21-/m0/s1. The highest BCUT2D eigenvalue weighted by Crippen LogP contribution is 2.19. The Kier molecular flexibility index (Phi) is 8.17. The molecule has 1 saturated heterocycles. The molecular weight excluding hydrogens is 449 g/mol. The largest absolute Gasteiger partial charge is 0.379 e. The fourth-order valence-electron chi connectivity index (χ4n) is 3.39. The van der Waals surface area contributed by atoms with Crippen LogP contribution < -0.4 is 10.6 Å². The second-order valence-corrected chi connectivity index (χ2v) is 10.0. The van der Waals surface area contributed by atoms with Gasteiger partial charge in [0.2, 0.25) is 15.9 Å². The summed E-state index contributed by atoms with van der Waals surface area (Å²) in [6, 6.07) is 10.7. The Balaban J connectivity index is 1.69. The van der Waals surface area contributed by atoms with Crippen LogP contribution in [0, 0.1) is 11.7 Å². The lowest BCUT2D eigenvalue weighted by atomic mass is 10.0. The summed E-state index contributed by atoms with van der Waals surface area (Å²) in [4.78, 5) is 25.6. The minimum atomic E-state index is -3.75. The average Bonchev–Trinajstić information content (AvgIpc) is 2.82. The maximum atomic E-state index is 13.1. The maximum absolute atomic E-state index is 13.1. The zero-order valence-corrected chi connectivity index (χ0v) is 19.4. The summed E-state index contributed by atoms with van der Waals surface area (Å²) >= 11 is 0. The van der Waals surface area contributed by atoms with Crippen molar-refractivity contribution >= 4 is 21.8 Å². The lowest BCUT2D eigenvalue weighted by molar-refractivity contribution is -0.124. The third kappa shape index (κ3) is 6.37. The van der Waals surface area contributed by atoms with E-state index < -0.39 is 22.0 Å². The topological polar surface area (TPSA) is 105 Å². The lowest BCUT2D eigenvalue weighted by Crippen LogP contribution is -2.49. The van der Waals surface area contributed by atoms with Gasteiger partial charge in [-0.05, 0) is 41.8 Å². The molecule has 0 aromatic heterocycles. The summed E-state index contributed by atoms with van der Waals surface area (Å²) in [6.45, 7) is 4.92. The Morgan fingerprint density at radius 2 is 1.76 bits per heavy atom. The first-order valence-corrected chi connectivity index (χ1v) is 12.1. The van der Waals surface area contributed by atoms with E-state index in [2.05, 4.69) is 10.6 Å². The van der Waals surface area contributed by atoms with Crippen molar-refractivity contribution in [3.8, 4) is 0 Å². The molecule has 10 heteroatoms. The van der Waals surface area contributed by atoms with Crippen LogP contribution >= 0.6 is 0 Å². The fourth-order valence-corrected chi connectivity index (χ4v) is 4.85. The number of nitrogens with one attached hydrogen (secondary N) is 2. The van der Waals surface area contributed by atoms with Gasteiger partial charge in [0.25, 0.3) is 5.91 Å². The number of rotatable bonds is 8. The quantitative estimate of drug-likeness (QED) is 0.605. The smallest absolute Gasteiger partial charge is 0.251 e. The zero-order valence-electron chi connectivity index (χ0n) is 18.6. The molecule has 2 N–H and O–H groups in total. The van der Waals surface area contributed by atoms with Crippen LogP contribution in [0.5, 0.6) is 0 Å². The molecule has 1 aliphatic heterocycles. The summed E-state index contributed by atoms with van der Waals surface area (Å²) in [5.74, 6) is -1.53. The molecule has 0 bridgehead atoms. The number of carbonyl (C=O) groups excluding carboxylic acids is 2. The highest BCUT2D eigenvalue weighted by molar-refractivity contribution is 7.89. The van der Waals surface area contributed by atoms with Gasteiger partial charge in [-0.2, -0.15) is 4.31 Å². The van der Waals surface area contributed by atoms with Crippen LogP contribution in [0.3, 0.4) is 0 Å². The molecule has 3 rings (SSSR count). The van der Waals surface area contributed by atoms with Crippen LogP contribution in [0.4, 0.5) is 4.39 Å².